The van der Waals surface area contributed by atoms with Crippen molar-refractivity contribution < 1.29 is 18.0 Å². The monoisotopic (exact) mass is 246 g/mol. The van der Waals surface area contributed by atoms with Gasteiger partial charge in [-0.1, -0.05) is 30.3 Å². The van der Waals surface area contributed by atoms with E-state index in [1.807, 2.05) is 0 Å². The van der Waals surface area contributed by atoms with E-state index in [9.17, 15) is 18.0 Å². The van der Waals surface area contributed by atoms with Gasteiger partial charge >= 0.3 is 6.18 Å². The summed E-state index contributed by atoms with van der Waals surface area (Å²) in [5.41, 5.74) is 4.99. The predicted octanol–water partition coefficient (Wildman–Crippen LogP) is 1.75. The number of nitrogens with one attached hydrogen (secondary N) is 1. The van der Waals surface area contributed by atoms with E-state index in [1.165, 1.54) is 31.2 Å². The average Bonchev–Trinajstić information content (AvgIpc) is 2.25. The molecule has 0 heterocycles. The molecule has 2 unspecified atom stereocenters. The third-order valence-electron chi connectivity index (χ3n) is 2.30. The standard InChI is InChI=1S/C11H13F3N2O/c1-7(10(15)17)16-9(11(12,13)14)8-5-3-2-4-6-8/h2-7,9,16H,1H3,(H2,15,17). The molecule has 1 rings (SSSR count). The second-order valence-corrected chi connectivity index (χ2v) is 3.68. The van der Waals surface area contributed by atoms with Crippen molar-refractivity contribution >= 4 is 5.91 Å². The normalized spacial score (nSPS) is 15.3. The summed E-state index contributed by atoms with van der Waals surface area (Å²) in [6.07, 6.45) is -4.48. The summed E-state index contributed by atoms with van der Waals surface area (Å²) in [6.45, 7) is 1.30. The molecule has 0 saturated carbocycles. The van der Waals surface area contributed by atoms with Gasteiger partial charge < -0.3 is 5.73 Å². The molecule has 0 saturated heterocycles. The fraction of sp³-hybridized carbons (Fsp3) is 0.364. The third kappa shape index (κ3) is 3.74. The van der Waals surface area contributed by atoms with Gasteiger partial charge in [-0.15, -0.1) is 0 Å². The summed E-state index contributed by atoms with van der Waals surface area (Å²) in [6, 6.07) is 4.37. The summed E-state index contributed by atoms with van der Waals surface area (Å²) in [4.78, 5) is 10.8. The minimum atomic E-state index is -4.48. The van der Waals surface area contributed by atoms with Crippen molar-refractivity contribution in [3.63, 3.8) is 0 Å². The Morgan fingerprint density at radius 2 is 1.82 bits per heavy atom. The van der Waals surface area contributed by atoms with Crippen LogP contribution in [-0.4, -0.2) is 18.1 Å². The summed E-state index contributed by atoms with van der Waals surface area (Å²) < 4.78 is 38.4. The van der Waals surface area contributed by atoms with Gasteiger partial charge in [-0.05, 0) is 12.5 Å². The minimum absolute atomic E-state index is 0.0492. The maximum absolute atomic E-state index is 12.8. The van der Waals surface area contributed by atoms with Crippen molar-refractivity contribution in [1.29, 1.82) is 0 Å². The molecule has 0 fully saturated rings. The molecule has 1 amide bonds. The quantitative estimate of drug-likeness (QED) is 0.850. The molecule has 0 aliphatic heterocycles. The maximum atomic E-state index is 12.8. The first kappa shape index (κ1) is 13.5. The molecular formula is C11H13F3N2O. The van der Waals surface area contributed by atoms with Gasteiger partial charge in [0.2, 0.25) is 5.91 Å². The molecule has 17 heavy (non-hydrogen) atoms. The highest BCUT2D eigenvalue weighted by molar-refractivity contribution is 5.79. The number of benzene rings is 1. The predicted molar refractivity (Wildman–Crippen MR) is 57.0 cm³/mol. The Hall–Kier alpha value is -1.56. The van der Waals surface area contributed by atoms with E-state index in [0.717, 1.165) is 0 Å². The van der Waals surface area contributed by atoms with Crippen LogP contribution in [0.15, 0.2) is 30.3 Å². The number of nitrogens with two attached hydrogens (primary N) is 1. The zero-order valence-electron chi connectivity index (χ0n) is 9.16. The Morgan fingerprint density at radius 3 is 2.24 bits per heavy atom. The molecule has 0 radical (unpaired) electrons. The molecule has 0 aliphatic carbocycles. The number of hydrogen-bond acceptors (Lipinski definition) is 2. The van der Waals surface area contributed by atoms with E-state index in [2.05, 4.69) is 5.32 Å². The molecular weight excluding hydrogens is 233 g/mol. The van der Waals surface area contributed by atoms with Gasteiger partial charge in [0.1, 0.15) is 6.04 Å². The molecule has 0 aliphatic rings. The number of carbonyl (C=O) groups is 1. The minimum Gasteiger partial charge on any atom is -0.368 e. The lowest BCUT2D eigenvalue weighted by Crippen LogP contribution is -2.45. The second-order valence-electron chi connectivity index (χ2n) is 3.68. The Labute approximate surface area is 96.8 Å². The third-order valence-corrected chi connectivity index (χ3v) is 2.30. The van der Waals surface area contributed by atoms with Crippen molar-refractivity contribution in [1.82, 2.24) is 5.32 Å². The van der Waals surface area contributed by atoms with Gasteiger partial charge in [0.15, 0.2) is 0 Å². The van der Waals surface area contributed by atoms with Gasteiger partial charge in [0.25, 0.3) is 0 Å². The van der Waals surface area contributed by atoms with Gasteiger partial charge in [-0.25, -0.2) is 0 Å². The Bertz CT molecular complexity index is 378. The zero-order valence-corrected chi connectivity index (χ0v) is 9.16. The Kier molecular flexibility index (Phi) is 4.11. The van der Waals surface area contributed by atoms with Crippen LogP contribution in [0.1, 0.15) is 18.5 Å². The van der Waals surface area contributed by atoms with E-state index in [0.29, 0.717) is 0 Å². The number of hydrogen-bond donors (Lipinski definition) is 2. The van der Waals surface area contributed by atoms with E-state index in [-0.39, 0.29) is 5.56 Å². The van der Waals surface area contributed by atoms with Crippen molar-refractivity contribution in [3.05, 3.63) is 35.9 Å². The number of rotatable bonds is 4. The highest BCUT2D eigenvalue weighted by Crippen LogP contribution is 2.32. The highest BCUT2D eigenvalue weighted by atomic mass is 19.4. The van der Waals surface area contributed by atoms with Crippen LogP contribution in [-0.2, 0) is 4.79 Å². The van der Waals surface area contributed by atoms with Crippen LogP contribution in [0.4, 0.5) is 13.2 Å². The first-order valence-corrected chi connectivity index (χ1v) is 4.99. The van der Waals surface area contributed by atoms with Crippen molar-refractivity contribution in [2.45, 2.75) is 25.2 Å². The van der Waals surface area contributed by atoms with Crippen molar-refractivity contribution in [2.24, 2.45) is 5.73 Å². The fourth-order valence-electron chi connectivity index (χ4n) is 1.36. The van der Waals surface area contributed by atoms with Crippen LogP contribution < -0.4 is 11.1 Å². The molecule has 1 aromatic rings. The zero-order chi connectivity index (χ0) is 13.1. The molecule has 0 aromatic heterocycles. The number of halogens is 3. The van der Waals surface area contributed by atoms with Crippen LogP contribution >= 0.6 is 0 Å². The van der Waals surface area contributed by atoms with E-state index < -0.39 is 24.2 Å². The Morgan fingerprint density at radius 1 is 1.29 bits per heavy atom. The maximum Gasteiger partial charge on any atom is 0.407 e. The molecule has 94 valence electrons. The van der Waals surface area contributed by atoms with Crippen molar-refractivity contribution in [3.8, 4) is 0 Å². The van der Waals surface area contributed by atoms with Crippen LogP contribution in [0.3, 0.4) is 0 Å². The SMILES string of the molecule is CC(NC(c1ccccc1)C(F)(F)F)C(N)=O. The van der Waals surface area contributed by atoms with Crippen molar-refractivity contribution in [2.75, 3.05) is 0 Å². The number of amides is 1. The van der Waals surface area contributed by atoms with Gasteiger partial charge in [0.05, 0.1) is 6.04 Å². The van der Waals surface area contributed by atoms with Crippen LogP contribution in [0.25, 0.3) is 0 Å². The largest absolute Gasteiger partial charge is 0.407 e. The number of primary amides is 1. The summed E-state index contributed by atoms with van der Waals surface area (Å²) in [5, 5.41) is 2.17. The van der Waals surface area contributed by atoms with Crippen LogP contribution in [0.5, 0.6) is 0 Å². The van der Waals surface area contributed by atoms with Crippen LogP contribution in [0, 0.1) is 0 Å². The first-order chi connectivity index (χ1) is 7.82. The highest BCUT2D eigenvalue weighted by Gasteiger charge is 2.41. The number of alkyl halides is 3. The van der Waals surface area contributed by atoms with Gasteiger partial charge in [-0.2, -0.15) is 13.2 Å². The lowest BCUT2D eigenvalue weighted by Gasteiger charge is -2.24. The molecule has 3 N–H and O–H groups in total. The molecule has 1 aromatic carbocycles. The topological polar surface area (TPSA) is 55.1 Å². The van der Waals surface area contributed by atoms with E-state index in [1.54, 1.807) is 6.07 Å². The lowest BCUT2D eigenvalue weighted by atomic mass is 10.1. The number of carbonyl (C=O) groups excluding carboxylic acids is 1. The molecule has 2 atom stereocenters. The Balaban J connectivity index is 2.94. The summed E-state index contributed by atoms with van der Waals surface area (Å²) in [5.74, 6) is -0.824. The smallest absolute Gasteiger partial charge is 0.368 e. The molecule has 0 bridgehead atoms. The fourth-order valence-corrected chi connectivity index (χ4v) is 1.36. The molecule has 6 heteroatoms. The van der Waals surface area contributed by atoms with Gasteiger partial charge in [-0.3, -0.25) is 10.1 Å². The van der Waals surface area contributed by atoms with Crippen LogP contribution in [0.2, 0.25) is 0 Å². The first-order valence-electron chi connectivity index (χ1n) is 4.99. The van der Waals surface area contributed by atoms with E-state index in [4.69, 9.17) is 5.73 Å². The average molecular weight is 246 g/mol. The summed E-state index contributed by atoms with van der Waals surface area (Å²) in [7, 11) is 0. The summed E-state index contributed by atoms with van der Waals surface area (Å²) >= 11 is 0. The second kappa shape index (κ2) is 5.18. The molecule has 0 spiro atoms. The lowest BCUT2D eigenvalue weighted by molar-refractivity contribution is -0.160. The van der Waals surface area contributed by atoms with E-state index >= 15 is 0 Å². The molecule has 3 nitrogen and oxygen atoms in total. The van der Waals surface area contributed by atoms with Gasteiger partial charge in [0, 0.05) is 0 Å².